The Bertz CT molecular complexity index is 710. The molecule has 2 atom stereocenters. The molecule has 0 aromatic heterocycles. The summed E-state index contributed by atoms with van der Waals surface area (Å²) in [4.78, 5) is 14.2. The van der Waals surface area contributed by atoms with Crippen molar-refractivity contribution in [2.45, 2.75) is 39.8 Å². The molecule has 2 aromatic carbocycles. The lowest BCUT2D eigenvalue weighted by atomic mass is 9.92. The number of nitrogens with zero attached hydrogens (tertiary/aromatic N) is 1. The summed E-state index contributed by atoms with van der Waals surface area (Å²) in [7, 11) is 0. The molecule has 0 unspecified atom stereocenters. The van der Waals surface area contributed by atoms with Gasteiger partial charge in [0.05, 0.1) is 0 Å². The van der Waals surface area contributed by atoms with E-state index in [9.17, 15) is 4.79 Å². The van der Waals surface area contributed by atoms with Gasteiger partial charge in [-0.25, -0.2) is 0 Å². The Kier molecular flexibility index (Phi) is 5.20. The van der Waals surface area contributed by atoms with Gasteiger partial charge in [0.1, 0.15) is 0 Å². The lowest BCUT2D eigenvalue weighted by Crippen LogP contribution is -2.50. The first kappa shape index (κ1) is 17.0. The van der Waals surface area contributed by atoms with Gasteiger partial charge in [0.25, 0.3) is 0 Å². The van der Waals surface area contributed by atoms with Crippen LogP contribution in [0, 0.1) is 11.8 Å². The summed E-state index contributed by atoms with van der Waals surface area (Å²) in [6, 6.07) is 15.6. The zero-order chi connectivity index (χ0) is 17.1. The zero-order valence-corrected chi connectivity index (χ0v) is 15.0. The van der Waals surface area contributed by atoms with Crippen molar-refractivity contribution < 1.29 is 4.79 Å². The average Bonchev–Trinajstić information content (AvgIpc) is 2.59. The van der Waals surface area contributed by atoms with E-state index in [1.54, 1.807) is 0 Å². The third kappa shape index (κ3) is 3.78. The van der Waals surface area contributed by atoms with Crippen LogP contribution in [0.15, 0.2) is 42.5 Å². The number of fused-ring (bicyclic) bond motifs is 1. The number of hydrogen-bond donors (Lipinski definition) is 1. The molecule has 0 bridgehead atoms. The van der Waals surface area contributed by atoms with E-state index in [4.69, 9.17) is 0 Å². The van der Waals surface area contributed by atoms with Crippen LogP contribution in [-0.2, 0) is 11.3 Å². The van der Waals surface area contributed by atoms with Crippen LogP contribution < -0.4 is 5.32 Å². The molecule has 1 N–H and O–H groups in total. The third-order valence-electron chi connectivity index (χ3n) is 5.09. The summed E-state index contributed by atoms with van der Waals surface area (Å²) in [6.07, 6.45) is 1.03. The van der Waals surface area contributed by atoms with Crippen molar-refractivity contribution in [1.82, 2.24) is 10.2 Å². The number of rotatable bonds is 4. The van der Waals surface area contributed by atoms with Crippen LogP contribution in [-0.4, -0.2) is 29.9 Å². The highest BCUT2D eigenvalue weighted by molar-refractivity contribution is 5.83. The van der Waals surface area contributed by atoms with Crippen LogP contribution in [0.25, 0.3) is 10.8 Å². The fourth-order valence-electron chi connectivity index (χ4n) is 3.61. The molecule has 0 saturated carbocycles. The van der Waals surface area contributed by atoms with Gasteiger partial charge in [0.15, 0.2) is 0 Å². The summed E-state index contributed by atoms with van der Waals surface area (Å²) >= 11 is 0. The minimum atomic E-state index is 0.0966. The van der Waals surface area contributed by atoms with Gasteiger partial charge < -0.3 is 10.2 Å². The molecule has 1 aliphatic rings. The maximum atomic E-state index is 12.2. The monoisotopic (exact) mass is 324 g/mol. The third-order valence-corrected chi connectivity index (χ3v) is 5.09. The number of likely N-dealkylation sites (tertiary alicyclic amines) is 1. The summed E-state index contributed by atoms with van der Waals surface area (Å²) in [6.45, 7) is 8.84. The molecule has 0 spiro atoms. The van der Waals surface area contributed by atoms with Crippen molar-refractivity contribution >= 4 is 16.7 Å². The van der Waals surface area contributed by atoms with E-state index >= 15 is 0 Å². The van der Waals surface area contributed by atoms with E-state index < -0.39 is 0 Å². The molecule has 0 radical (unpaired) electrons. The summed E-state index contributed by atoms with van der Waals surface area (Å²) in [5.41, 5.74) is 1.32. The Labute approximate surface area is 145 Å². The molecule has 0 aliphatic carbocycles. The Morgan fingerprint density at radius 1 is 1.21 bits per heavy atom. The Morgan fingerprint density at radius 3 is 2.67 bits per heavy atom. The second-order valence-electron chi connectivity index (χ2n) is 7.37. The smallest absolute Gasteiger partial charge is 0.225 e. The van der Waals surface area contributed by atoms with Crippen LogP contribution in [0.1, 0.15) is 32.8 Å². The number of benzene rings is 2. The molecule has 3 rings (SSSR count). The number of hydrogen-bond acceptors (Lipinski definition) is 2. The quantitative estimate of drug-likeness (QED) is 0.927. The van der Waals surface area contributed by atoms with Crippen molar-refractivity contribution in [3.05, 3.63) is 48.0 Å². The molecular formula is C21H28N2O. The maximum absolute atomic E-state index is 12.2. The number of carbonyl (C=O) groups excluding carboxylic acids is 1. The first-order chi connectivity index (χ1) is 11.5. The topological polar surface area (TPSA) is 32.3 Å². The van der Waals surface area contributed by atoms with Gasteiger partial charge >= 0.3 is 0 Å². The van der Waals surface area contributed by atoms with E-state index in [2.05, 4.69) is 54.7 Å². The number of piperidine rings is 1. The molecular weight excluding hydrogens is 296 g/mol. The van der Waals surface area contributed by atoms with Crippen molar-refractivity contribution in [2.24, 2.45) is 11.8 Å². The molecule has 24 heavy (non-hydrogen) atoms. The molecule has 1 amide bonds. The van der Waals surface area contributed by atoms with Crippen molar-refractivity contribution in [3.8, 4) is 0 Å². The summed E-state index contributed by atoms with van der Waals surface area (Å²) in [5, 5.41) is 6.28. The molecule has 2 aromatic rings. The van der Waals surface area contributed by atoms with Crippen LogP contribution >= 0.6 is 0 Å². The molecule has 1 fully saturated rings. The predicted octanol–water partition coefficient (Wildman–Crippen LogP) is 3.82. The standard InChI is InChI=1S/C21H28N2O/c1-15(2)21(24)23-11-10-20(16(3)14-23)22-13-17-8-9-18-6-4-5-7-19(18)12-17/h4-9,12,15-16,20,22H,10-11,13-14H2,1-3H3/t16-,20-/m0/s1. The van der Waals surface area contributed by atoms with Crippen LogP contribution in [0.5, 0.6) is 0 Å². The molecule has 128 valence electrons. The van der Waals surface area contributed by atoms with Crippen LogP contribution in [0.4, 0.5) is 0 Å². The van der Waals surface area contributed by atoms with Crippen molar-refractivity contribution in [3.63, 3.8) is 0 Å². The summed E-state index contributed by atoms with van der Waals surface area (Å²) < 4.78 is 0. The van der Waals surface area contributed by atoms with Crippen LogP contribution in [0.2, 0.25) is 0 Å². The second-order valence-corrected chi connectivity index (χ2v) is 7.37. The normalized spacial score (nSPS) is 21.4. The van der Waals surface area contributed by atoms with Crippen molar-refractivity contribution in [2.75, 3.05) is 13.1 Å². The van der Waals surface area contributed by atoms with E-state index in [-0.39, 0.29) is 11.8 Å². The van der Waals surface area contributed by atoms with Gasteiger partial charge in [-0.3, -0.25) is 4.79 Å². The van der Waals surface area contributed by atoms with Gasteiger partial charge in [-0.05, 0) is 34.7 Å². The van der Waals surface area contributed by atoms with Gasteiger partial charge in [-0.1, -0.05) is 57.2 Å². The van der Waals surface area contributed by atoms with E-state index in [1.165, 1.54) is 16.3 Å². The van der Waals surface area contributed by atoms with Gasteiger partial charge in [-0.15, -0.1) is 0 Å². The second kappa shape index (κ2) is 7.35. The first-order valence-electron chi connectivity index (χ1n) is 9.04. The zero-order valence-electron chi connectivity index (χ0n) is 15.0. The van der Waals surface area contributed by atoms with E-state index in [0.717, 1.165) is 26.1 Å². The SMILES string of the molecule is CC(C)C(=O)N1CC[C@H](NCc2ccc3ccccc3c2)[C@@H](C)C1. The van der Waals surface area contributed by atoms with Crippen LogP contribution in [0.3, 0.4) is 0 Å². The van der Waals surface area contributed by atoms with Gasteiger partial charge in [0.2, 0.25) is 5.91 Å². The molecule has 1 aliphatic heterocycles. The highest BCUT2D eigenvalue weighted by Crippen LogP contribution is 2.20. The fourth-order valence-corrected chi connectivity index (χ4v) is 3.61. The highest BCUT2D eigenvalue weighted by Gasteiger charge is 2.29. The fraction of sp³-hybridized carbons (Fsp3) is 0.476. The lowest BCUT2D eigenvalue weighted by molar-refractivity contribution is -0.136. The Balaban J connectivity index is 1.57. The predicted molar refractivity (Wildman–Crippen MR) is 99.8 cm³/mol. The molecule has 1 heterocycles. The number of nitrogens with one attached hydrogen (secondary N) is 1. The van der Waals surface area contributed by atoms with E-state index in [0.29, 0.717) is 12.0 Å². The minimum Gasteiger partial charge on any atom is -0.342 e. The lowest BCUT2D eigenvalue weighted by Gasteiger charge is -2.38. The molecule has 1 saturated heterocycles. The molecule has 3 heteroatoms. The van der Waals surface area contributed by atoms with Crippen molar-refractivity contribution in [1.29, 1.82) is 0 Å². The minimum absolute atomic E-state index is 0.0966. The largest absolute Gasteiger partial charge is 0.342 e. The number of carbonyl (C=O) groups is 1. The maximum Gasteiger partial charge on any atom is 0.225 e. The first-order valence-corrected chi connectivity index (χ1v) is 9.04. The highest BCUT2D eigenvalue weighted by atomic mass is 16.2. The Morgan fingerprint density at radius 2 is 1.96 bits per heavy atom. The molecule has 3 nitrogen and oxygen atoms in total. The van der Waals surface area contributed by atoms with E-state index in [1.807, 2.05) is 18.7 Å². The average molecular weight is 324 g/mol. The number of amides is 1. The Hall–Kier alpha value is -1.87. The summed E-state index contributed by atoms with van der Waals surface area (Å²) in [5.74, 6) is 0.871. The van der Waals surface area contributed by atoms with Gasteiger partial charge in [0, 0.05) is 31.6 Å². The van der Waals surface area contributed by atoms with Gasteiger partial charge in [-0.2, -0.15) is 0 Å².